The Kier molecular flexibility index (Phi) is 26.9. The van der Waals surface area contributed by atoms with E-state index in [0.29, 0.717) is 139 Å². The van der Waals surface area contributed by atoms with Crippen LogP contribution in [0.5, 0.6) is 5.75 Å². The largest absolute Gasteiger partial charge is 0.490 e. The predicted octanol–water partition coefficient (Wildman–Crippen LogP) is 19.0. The standard InChI is InChI=1S/C25H28N2O3.C23H24N2O3.C22H24N2O3.C22H23NO2.C21H19F3N2O3/c28-23(18-5-1-2-6-18)26-21-11-9-19(10-12-21)24(29)27-15-13-25(14-16-27)22-8-4-3-7-20(22)17-30-25;26-21(16-5-6-16)24-19-9-7-17(8-10-19)22(27)25-13-11-23(12-14-25)20-4-2-1-3-18(20)15-28-23;1-23-12-13-26-20-14-16(6-7-19(20)23)21(25)24-10-8-22(9-11-24)18-5-3-2-4-17(18)15-27-22;24-21(19-14-18(19)16-6-2-1-3-7-16)23-12-10-22(11-13-23)20-9-5-4-8-17(20)15-25-22;22-21(23,24)19(28)25-16-7-5-14(6-8-16)18(27)26-11-9-20(10-12-26)17-4-2-1-3-15(17)13-29-20/h3-4,7-12,18H,1-2,5-6,13-17H2,(H,26,28);1-4,7-10,16H,5-6,11-15H2,(H,24,26);2-7,14H,8-13,15H2,1H3;1-9,18-19H,10-15H2;1-8H,9-13H2,(H,25,28)/t;;;18-,19?;/m...1./s1. The number of hydrogen-bond acceptors (Lipinski definition) is 15. The van der Waals surface area contributed by atoms with Crippen molar-refractivity contribution in [1.82, 2.24) is 24.5 Å². The first-order chi connectivity index (χ1) is 67.5. The number of hydrogen-bond donors (Lipinski definition) is 3. The van der Waals surface area contributed by atoms with Gasteiger partial charge in [-0.2, -0.15) is 13.2 Å². The van der Waals surface area contributed by atoms with E-state index in [4.69, 9.17) is 28.4 Å². The number of fused-ring (bicyclic) bond motifs is 11. The van der Waals surface area contributed by atoms with E-state index in [1.165, 1.54) is 85.5 Å². The molecule has 11 heterocycles. The molecule has 5 spiro atoms. The van der Waals surface area contributed by atoms with Gasteiger partial charge < -0.3 is 73.8 Å². The Morgan fingerprint density at radius 2 is 0.640 bits per heavy atom. The highest BCUT2D eigenvalue weighted by molar-refractivity contribution is 6.00. The Labute approximate surface area is 808 Å². The number of rotatable bonds is 11. The summed E-state index contributed by atoms with van der Waals surface area (Å²) in [6.07, 6.45) is 10.4. The van der Waals surface area contributed by atoms with Gasteiger partial charge in [0.15, 0.2) is 0 Å². The zero-order chi connectivity index (χ0) is 95.6. The number of alkyl halides is 3. The number of halogens is 3. The summed E-state index contributed by atoms with van der Waals surface area (Å²) in [7, 11) is 2.05. The molecule has 3 N–H and O–H groups in total. The van der Waals surface area contributed by atoms with E-state index in [-0.39, 0.29) is 86.9 Å². The van der Waals surface area contributed by atoms with Gasteiger partial charge >= 0.3 is 12.1 Å². The first kappa shape index (κ1) is 93.8. The van der Waals surface area contributed by atoms with Crippen molar-refractivity contribution >= 4 is 70.0 Å². The van der Waals surface area contributed by atoms with Crippen LogP contribution < -0.4 is 25.6 Å². The summed E-state index contributed by atoms with van der Waals surface area (Å²) >= 11 is 0. The van der Waals surface area contributed by atoms with Crippen molar-refractivity contribution < 1.29 is 79.9 Å². The third-order valence-corrected chi connectivity index (χ3v) is 31.1. The van der Waals surface area contributed by atoms with E-state index in [2.05, 4.69) is 154 Å². The number of anilines is 4. The summed E-state index contributed by atoms with van der Waals surface area (Å²) in [5.74, 6) is 0.172. The Balaban J connectivity index is 0.000000107. The van der Waals surface area contributed by atoms with Crippen LogP contribution in [0, 0.1) is 17.8 Å². The van der Waals surface area contributed by atoms with E-state index >= 15 is 0 Å². The monoisotopic (exact) mass is 1880 g/mol. The highest BCUT2D eigenvalue weighted by atomic mass is 19.4. The Hall–Kier alpha value is -12.9. The molecule has 0 bridgehead atoms. The van der Waals surface area contributed by atoms with Crippen LogP contribution in [-0.2, 0) is 104 Å². The minimum Gasteiger partial charge on any atom is -0.490 e. The fourth-order valence-corrected chi connectivity index (χ4v) is 22.7. The summed E-state index contributed by atoms with van der Waals surface area (Å²) in [6.45, 7) is 11.7. The fraction of sp³-hybridized carbons (Fsp3) is 0.398. The molecule has 720 valence electrons. The lowest BCUT2D eigenvalue weighted by molar-refractivity contribution is -0.167. The summed E-state index contributed by atoms with van der Waals surface area (Å²) in [6, 6.07) is 78.2. The van der Waals surface area contributed by atoms with Gasteiger partial charge in [-0.1, -0.05) is 165 Å². The van der Waals surface area contributed by atoms with E-state index in [0.717, 1.165) is 139 Å². The van der Waals surface area contributed by atoms with Crippen LogP contribution in [0.2, 0.25) is 0 Å². The van der Waals surface area contributed by atoms with Gasteiger partial charge in [-0.15, -0.1) is 0 Å². The molecule has 5 saturated heterocycles. The SMILES string of the molecule is CN1CCOc2cc(C(=O)N3CCC4(CC3)OCc3ccccc34)ccc21.O=C(C1C[C@@H]1c1ccccc1)N1CCC2(CC1)OCc1ccccc12.O=C(Nc1ccc(C(=O)N2CCC3(CC2)OCc2ccccc23)cc1)C1CC1.O=C(Nc1ccc(C(=O)N2CCC3(CC2)OCc2ccccc23)cc1)C1CCCC1.O=C(c1ccc(NC(=O)C(F)(F)F)cc1)N1CCC2(CC1)OCc1ccccc12. The van der Waals surface area contributed by atoms with Crippen LogP contribution in [0.4, 0.5) is 35.9 Å². The molecule has 10 aromatic carbocycles. The average molecular weight is 1880 g/mol. The molecule has 8 fully saturated rings. The topological polar surface area (TPSA) is 247 Å². The third-order valence-electron chi connectivity index (χ3n) is 31.1. The minimum atomic E-state index is -4.96. The first-order valence-corrected chi connectivity index (χ1v) is 49.4. The van der Waals surface area contributed by atoms with Gasteiger partial charge in [0.1, 0.15) is 12.4 Å². The molecule has 2 atom stereocenters. The lowest BCUT2D eigenvalue weighted by Crippen LogP contribution is -2.45. The van der Waals surface area contributed by atoms with Crippen molar-refractivity contribution in [1.29, 1.82) is 0 Å². The first-order valence-electron chi connectivity index (χ1n) is 49.4. The molecule has 10 aromatic rings. The van der Waals surface area contributed by atoms with Gasteiger partial charge in [-0.3, -0.25) is 38.4 Å². The lowest BCUT2D eigenvalue weighted by Gasteiger charge is -2.39. The van der Waals surface area contributed by atoms with Gasteiger partial charge in [0.25, 0.3) is 23.6 Å². The number of carbonyl (C=O) groups excluding carboxylic acids is 8. The van der Waals surface area contributed by atoms with E-state index < -0.39 is 12.1 Å². The summed E-state index contributed by atoms with van der Waals surface area (Å²) in [4.78, 5) is 111. The second-order valence-corrected chi connectivity index (χ2v) is 39.4. The van der Waals surface area contributed by atoms with Gasteiger partial charge in [0, 0.05) is 130 Å². The van der Waals surface area contributed by atoms with E-state index in [9.17, 15) is 51.5 Å². The number of likely N-dealkylation sites (N-methyl/N-ethyl adjacent to an activating group) is 1. The van der Waals surface area contributed by atoms with Gasteiger partial charge in [-0.05, 0) is 254 Å². The van der Waals surface area contributed by atoms with Crippen molar-refractivity contribution in [3.63, 3.8) is 0 Å². The van der Waals surface area contributed by atoms with Crippen LogP contribution in [0.1, 0.15) is 218 Å². The average Bonchev–Trinajstić information content (AvgIpc) is 1.51. The molecular weight excluding hydrogens is 1760 g/mol. The maximum absolute atomic E-state index is 13.0. The molecule has 8 amide bonds. The molecular formula is C113H118F3N9O14. The molecule has 0 aromatic heterocycles. The third kappa shape index (κ3) is 19.9. The summed E-state index contributed by atoms with van der Waals surface area (Å²) < 4.78 is 73.6. The number of nitrogens with one attached hydrogen (secondary N) is 3. The van der Waals surface area contributed by atoms with E-state index in [1.54, 1.807) is 22.3 Å². The highest BCUT2D eigenvalue weighted by Crippen LogP contribution is 2.53. The molecule has 14 aliphatic rings. The molecule has 0 radical (unpaired) electrons. The van der Waals surface area contributed by atoms with Crippen molar-refractivity contribution in [3.05, 3.63) is 326 Å². The smallest absolute Gasteiger partial charge is 0.471 e. The molecule has 11 aliphatic heterocycles. The maximum Gasteiger partial charge on any atom is 0.471 e. The van der Waals surface area contributed by atoms with Gasteiger partial charge in [0.2, 0.25) is 17.7 Å². The predicted molar refractivity (Wildman–Crippen MR) is 519 cm³/mol. The second kappa shape index (κ2) is 39.8. The fourth-order valence-electron chi connectivity index (χ4n) is 22.7. The quantitative estimate of drug-likeness (QED) is 0.109. The number of piperidine rings is 5. The minimum absolute atomic E-state index is 0.0163. The Bertz CT molecular complexity index is 6210. The zero-order valence-electron chi connectivity index (χ0n) is 78.5. The molecule has 139 heavy (non-hydrogen) atoms. The van der Waals surface area contributed by atoms with Crippen LogP contribution in [0.25, 0.3) is 0 Å². The van der Waals surface area contributed by atoms with Crippen molar-refractivity contribution in [2.24, 2.45) is 17.8 Å². The van der Waals surface area contributed by atoms with Crippen LogP contribution in [-0.4, -0.2) is 164 Å². The normalized spacial score (nSPS) is 20.8. The second-order valence-electron chi connectivity index (χ2n) is 39.4. The number of likely N-dealkylation sites (tertiary alicyclic amines) is 5. The lowest BCUT2D eigenvalue weighted by atomic mass is 9.83. The maximum atomic E-state index is 13.0. The van der Waals surface area contributed by atoms with Gasteiger partial charge in [-0.25, -0.2) is 0 Å². The molecule has 24 rings (SSSR count). The van der Waals surface area contributed by atoms with Gasteiger partial charge in [0.05, 0.1) is 73.3 Å². The molecule has 26 heteroatoms. The Morgan fingerprint density at radius 1 is 0.338 bits per heavy atom. The highest BCUT2D eigenvalue weighted by Gasteiger charge is 2.52. The molecule has 1 unspecified atom stereocenters. The Morgan fingerprint density at radius 3 is 0.978 bits per heavy atom. The number of carbonyl (C=O) groups is 8. The van der Waals surface area contributed by atoms with Crippen LogP contribution in [0.15, 0.2) is 243 Å². The van der Waals surface area contributed by atoms with E-state index in [1.807, 2.05) is 94.5 Å². The van der Waals surface area contributed by atoms with Crippen molar-refractivity contribution in [3.8, 4) is 5.75 Å². The number of benzene rings is 10. The molecule has 23 nitrogen and oxygen atoms in total. The van der Waals surface area contributed by atoms with Crippen LogP contribution in [0.3, 0.4) is 0 Å². The van der Waals surface area contributed by atoms with Crippen molar-refractivity contribution in [2.75, 3.05) is 106 Å². The molecule has 3 saturated carbocycles. The van der Waals surface area contributed by atoms with Crippen LogP contribution >= 0.6 is 0 Å². The molecule has 3 aliphatic carbocycles. The summed E-state index contributed by atoms with van der Waals surface area (Å²) in [5.41, 5.74) is 17.8. The number of nitrogens with zero attached hydrogens (tertiary/aromatic N) is 6. The summed E-state index contributed by atoms with van der Waals surface area (Å²) in [5, 5.41) is 7.67. The van der Waals surface area contributed by atoms with Crippen molar-refractivity contribution in [2.45, 2.75) is 182 Å². The number of amides is 8. The number of ether oxygens (including phenoxy) is 6. The zero-order valence-corrected chi connectivity index (χ0v) is 78.5.